The highest BCUT2D eigenvalue weighted by molar-refractivity contribution is 9.10. The number of benzene rings is 1. The van der Waals surface area contributed by atoms with Crippen molar-refractivity contribution < 1.29 is 9.18 Å². The second kappa shape index (κ2) is 6.47. The van der Waals surface area contributed by atoms with Gasteiger partial charge in [-0.1, -0.05) is 33.6 Å². The molecule has 0 bridgehead atoms. The van der Waals surface area contributed by atoms with Gasteiger partial charge in [0.05, 0.1) is 4.47 Å². The maximum Gasteiger partial charge on any atom is 0.251 e. The summed E-state index contributed by atoms with van der Waals surface area (Å²) in [4.78, 5) is 12.4. The quantitative estimate of drug-likeness (QED) is 0.800. The highest BCUT2D eigenvalue weighted by atomic mass is 79.9. The van der Waals surface area contributed by atoms with Crippen molar-refractivity contribution in [1.29, 1.82) is 0 Å². The molecule has 0 aliphatic heterocycles. The Morgan fingerprint density at radius 3 is 2.57 bits per heavy atom. The number of rotatable bonds is 2. The van der Waals surface area contributed by atoms with E-state index >= 15 is 0 Å². The van der Waals surface area contributed by atoms with E-state index in [0.29, 0.717) is 16.0 Å². The maximum absolute atomic E-state index is 13.6. The van der Waals surface area contributed by atoms with Gasteiger partial charge in [-0.15, -0.1) is 0 Å². The van der Waals surface area contributed by atoms with E-state index in [1.165, 1.54) is 12.5 Å². The van der Waals surface area contributed by atoms with Gasteiger partial charge in [-0.3, -0.25) is 4.79 Å². The fourth-order valence-corrected chi connectivity index (χ4v) is 3.48. The number of carbonyl (C=O) groups is 1. The number of hydrogen-bond acceptors (Lipinski definition) is 1. The molecule has 1 N–H and O–H groups in total. The summed E-state index contributed by atoms with van der Waals surface area (Å²) in [5, 5.41) is 3.12. The van der Waals surface area contributed by atoms with E-state index in [-0.39, 0.29) is 17.4 Å². The third kappa shape index (κ3) is 4.06. The van der Waals surface area contributed by atoms with Gasteiger partial charge in [0.25, 0.3) is 5.91 Å². The number of halogens is 2. The monoisotopic (exact) mass is 355 g/mol. The molecule has 0 heterocycles. The first-order valence-corrected chi connectivity index (χ1v) is 8.34. The second-order valence-electron chi connectivity index (χ2n) is 6.97. The molecule has 1 amide bonds. The molecule has 2 unspecified atom stereocenters. The van der Waals surface area contributed by atoms with Crippen molar-refractivity contribution in [2.75, 3.05) is 0 Å². The third-order valence-electron chi connectivity index (χ3n) is 4.38. The van der Waals surface area contributed by atoms with Crippen molar-refractivity contribution in [3.05, 3.63) is 34.1 Å². The lowest BCUT2D eigenvalue weighted by Gasteiger charge is -2.40. The van der Waals surface area contributed by atoms with Gasteiger partial charge < -0.3 is 5.32 Å². The van der Waals surface area contributed by atoms with Crippen molar-refractivity contribution in [2.24, 2.45) is 11.3 Å². The summed E-state index contributed by atoms with van der Waals surface area (Å²) >= 11 is 3.11. The molecule has 1 aromatic carbocycles. The maximum atomic E-state index is 13.6. The first kappa shape index (κ1) is 16.5. The zero-order chi connectivity index (χ0) is 15.6. The summed E-state index contributed by atoms with van der Waals surface area (Å²) in [7, 11) is 0. The summed E-state index contributed by atoms with van der Waals surface area (Å²) in [5.74, 6) is -0.114. The average molecular weight is 356 g/mol. The first-order chi connectivity index (χ1) is 9.79. The standard InChI is InChI=1S/C17H23BrFNO/c1-17(2,3)12-6-4-5-7-15(12)20-16(21)11-8-9-13(18)14(19)10-11/h8-10,12,15H,4-7H2,1-3H3,(H,20,21). The number of amides is 1. The van der Waals surface area contributed by atoms with E-state index in [1.54, 1.807) is 12.1 Å². The van der Waals surface area contributed by atoms with Crippen LogP contribution in [0.4, 0.5) is 4.39 Å². The van der Waals surface area contributed by atoms with Crippen LogP contribution >= 0.6 is 15.9 Å². The molecule has 2 nitrogen and oxygen atoms in total. The lowest BCUT2D eigenvalue weighted by Crippen LogP contribution is -2.46. The Kier molecular flexibility index (Phi) is 5.07. The Bertz CT molecular complexity index is 524. The minimum Gasteiger partial charge on any atom is -0.349 e. The van der Waals surface area contributed by atoms with Crippen LogP contribution in [0.3, 0.4) is 0 Å². The van der Waals surface area contributed by atoms with Crippen LogP contribution in [-0.2, 0) is 0 Å². The molecule has 1 aromatic rings. The van der Waals surface area contributed by atoms with Crippen LogP contribution in [0.1, 0.15) is 56.8 Å². The molecule has 116 valence electrons. The first-order valence-electron chi connectivity index (χ1n) is 7.55. The summed E-state index contributed by atoms with van der Waals surface area (Å²) in [5.41, 5.74) is 0.553. The van der Waals surface area contributed by atoms with Crippen LogP contribution in [0.25, 0.3) is 0 Å². The van der Waals surface area contributed by atoms with Gasteiger partial charge >= 0.3 is 0 Å². The zero-order valence-electron chi connectivity index (χ0n) is 12.9. The Morgan fingerprint density at radius 1 is 1.29 bits per heavy atom. The van der Waals surface area contributed by atoms with Crippen LogP contribution in [-0.4, -0.2) is 11.9 Å². The molecular formula is C17H23BrFNO. The molecule has 0 radical (unpaired) electrons. The minimum absolute atomic E-state index is 0.170. The van der Waals surface area contributed by atoms with Crippen molar-refractivity contribution in [1.82, 2.24) is 5.32 Å². The van der Waals surface area contributed by atoms with Crippen LogP contribution in [0.5, 0.6) is 0 Å². The highest BCUT2D eigenvalue weighted by Gasteiger charge is 2.35. The van der Waals surface area contributed by atoms with Crippen LogP contribution in [0.15, 0.2) is 22.7 Å². The van der Waals surface area contributed by atoms with E-state index in [2.05, 4.69) is 42.0 Å². The molecule has 1 aliphatic carbocycles. The van der Waals surface area contributed by atoms with Crippen molar-refractivity contribution in [3.63, 3.8) is 0 Å². The SMILES string of the molecule is CC(C)(C)C1CCCCC1NC(=O)c1ccc(Br)c(F)c1. The number of carbonyl (C=O) groups excluding carboxylic acids is 1. The van der Waals surface area contributed by atoms with E-state index in [0.717, 1.165) is 19.3 Å². The molecule has 1 aliphatic rings. The van der Waals surface area contributed by atoms with Crippen LogP contribution in [0.2, 0.25) is 0 Å². The van der Waals surface area contributed by atoms with Gasteiger partial charge in [-0.2, -0.15) is 0 Å². The molecule has 0 spiro atoms. The molecule has 0 saturated heterocycles. The smallest absolute Gasteiger partial charge is 0.251 e. The van der Waals surface area contributed by atoms with Gasteiger partial charge in [0.2, 0.25) is 0 Å². The predicted octanol–water partition coefficient (Wildman–Crippen LogP) is 4.92. The van der Waals surface area contributed by atoms with E-state index in [9.17, 15) is 9.18 Å². The highest BCUT2D eigenvalue weighted by Crippen LogP contribution is 2.38. The molecule has 1 fully saturated rings. The minimum atomic E-state index is -0.404. The van der Waals surface area contributed by atoms with Crippen LogP contribution in [0, 0.1) is 17.2 Å². The Balaban J connectivity index is 2.11. The molecule has 2 rings (SSSR count). The Hall–Kier alpha value is -0.900. The van der Waals surface area contributed by atoms with Crippen molar-refractivity contribution >= 4 is 21.8 Å². The third-order valence-corrected chi connectivity index (χ3v) is 5.02. The number of hydrogen-bond donors (Lipinski definition) is 1. The van der Waals surface area contributed by atoms with Gasteiger partial charge in [-0.25, -0.2) is 4.39 Å². The predicted molar refractivity (Wildman–Crippen MR) is 86.8 cm³/mol. The Morgan fingerprint density at radius 2 is 1.95 bits per heavy atom. The van der Waals surface area contributed by atoms with Gasteiger partial charge in [0.1, 0.15) is 5.82 Å². The summed E-state index contributed by atoms with van der Waals surface area (Å²) in [6.07, 6.45) is 4.52. The van der Waals surface area contributed by atoms with E-state index < -0.39 is 5.82 Å². The van der Waals surface area contributed by atoms with E-state index in [1.807, 2.05) is 0 Å². The largest absolute Gasteiger partial charge is 0.349 e. The topological polar surface area (TPSA) is 29.1 Å². The lowest BCUT2D eigenvalue weighted by atomic mass is 9.69. The Labute approximate surface area is 134 Å². The van der Waals surface area contributed by atoms with Crippen LogP contribution < -0.4 is 5.32 Å². The molecule has 4 heteroatoms. The molecular weight excluding hydrogens is 333 g/mol. The van der Waals surface area contributed by atoms with Gasteiger partial charge in [-0.05, 0) is 58.3 Å². The lowest BCUT2D eigenvalue weighted by molar-refractivity contribution is 0.0829. The molecule has 0 aromatic heterocycles. The number of nitrogens with one attached hydrogen (secondary N) is 1. The molecule has 1 saturated carbocycles. The summed E-state index contributed by atoms with van der Waals surface area (Å²) in [6.45, 7) is 6.67. The fourth-order valence-electron chi connectivity index (χ4n) is 3.23. The summed E-state index contributed by atoms with van der Waals surface area (Å²) < 4.78 is 13.9. The van der Waals surface area contributed by atoms with E-state index in [4.69, 9.17) is 0 Å². The fraction of sp³-hybridized carbons (Fsp3) is 0.588. The second-order valence-corrected chi connectivity index (χ2v) is 7.82. The van der Waals surface area contributed by atoms with Crippen molar-refractivity contribution in [3.8, 4) is 0 Å². The summed E-state index contributed by atoms with van der Waals surface area (Å²) in [6, 6.07) is 4.69. The van der Waals surface area contributed by atoms with Gasteiger partial charge in [0, 0.05) is 11.6 Å². The normalized spacial score (nSPS) is 22.9. The average Bonchev–Trinajstić information content (AvgIpc) is 2.41. The van der Waals surface area contributed by atoms with Crippen molar-refractivity contribution in [2.45, 2.75) is 52.5 Å². The molecule has 2 atom stereocenters. The molecule has 21 heavy (non-hydrogen) atoms. The van der Waals surface area contributed by atoms with Gasteiger partial charge in [0.15, 0.2) is 0 Å². The zero-order valence-corrected chi connectivity index (χ0v) is 14.5.